The van der Waals surface area contributed by atoms with E-state index < -0.39 is 5.82 Å². The van der Waals surface area contributed by atoms with E-state index in [2.05, 4.69) is 20.7 Å². The van der Waals surface area contributed by atoms with Crippen LogP contribution in [-0.2, 0) is 0 Å². The monoisotopic (exact) mass is 406 g/mol. The summed E-state index contributed by atoms with van der Waals surface area (Å²) in [4.78, 5) is 24.3. The summed E-state index contributed by atoms with van der Waals surface area (Å²) in [6, 6.07) is 13.0. The van der Waals surface area contributed by atoms with Crippen molar-refractivity contribution in [2.45, 2.75) is 0 Å². The van der Waals surface area contributed by atoms with Crippen molar-refractivity contribution in [1.29, 1.82) is 0 Å². The number of para-hydroxylation sites is 1. The number of nitrogens with zero attached hydrogens (tertiary/aromatic N) is 3. The Balaban J connectivity index is 0.00000124. The largest absolute Gasteiger partial charge is 0.494 e. The molecule has 0 radical (unpaired) electrons. The molecule has 0 unspecified atom stereocenters. The van der Waals surface area contributed by atoms with E-state index in [0.717, 1.165) is 0 Å². The lowest BCUT2D eigenvalue weighted by Gasteiger charge is -2.12. The average Bonchev–Trinajstić information content (AvgIpc) is 2.80. The highest BCUT2D eigenvalue weighted by molar-refractivity contribution is 5.87. The highest BCUT2D eigenvalue weighted by atomic mass is 19.1. The first-order chi connectivity index (χ1) is 14.7. The summed E-state index contributed by atoms with van der Waals surface area (Å²) in [6.45, 7) is 0. The molecule has 0 fully saturated rings. The average molecular weight is 406 g/mol. The number of carbonyl (C=O) groups excluding carboxylic acids is 1. The van der Waals surface area contributed by atoms with Gasteiger partial charge in [-0.1, -0.05) is 12.1 Å². The third kappa shape index (κ3) is 4.23. The van der Waals surface area contributed by atoms with E-state index in [9.17, 15) is 9.18 Å². The van der Waals surface area contributed by atoms with Crippen LogP contribution in [-0.4, -0.2) is 35.4 Å². The molecule has 2 aromatic carbocycles. The van der Waals surface area contributed by atoms with E-state index in [1.165, 1.54) is 26.3 Å². The van der Waals surface area contributed by atoms with Crippen LogP contribution in [0.25, 0.3) is 22.3 Å². The minimum absolute atomic E-state index is 0.0405. The number of pyridine rings is 1. The molecule has 0 aliphatic rings. The number of ether oxygens (including phenoxy) is 2. The third-order valence-corrected chi connectivity index (χ3v) is 4.11. The number of halogens is 1. The Morgan fingerprint density at radius 1 is 1.03 bits per heavy atom. The summed E-state index contributed by atoms with van der Waals surface area (Å²) >= 11 is 0. The molecule has 0 spiro atoms. The predicted octanol–water partition coefficient (Wildman–Crippen LogP) is 4.02. The van der Waals surface area contributed by atoms with Crippen LogP contribution in [0, 0.1) is 5.82 Å². The fraction of sp³-hybridized carbons (Fsp3) is 0.0909. The number of carbonyl (C=O) groups is 1. The Bertz CT molecular complexity index is 1170. The normalized spacial score (nSPS) is 10.1. The Labute approximate surface area is 172 Å². The first-order valence-corrected chi connectivity index (χ1v) is 8.95. The van der Waals surface area contributed by atoms with Gasteiger partial charge in [0.2, 0.25) is 5.88 Å². The number of hydrogen-bond acceptors (Lipinski definition) is 7. The number of aromatic nitrogens is 3. The van der Waals surface area contributed by atoms with Gasteiger partial charge in [0.25, 0.3) is 0 Å². The van der Waals surface area contributed by atoms with E-state index >= 15 is 0 Å². The second kappa shape index (κ2) is 9.53. The molecule has 0 aliphatic carbocycles. The van der Waals surface area contributed by atoms with Gasteiger partial charge >= 0.3 is 0 Å². The summed E-state index contributed by atoms with van der Waals surface area (Å²) in [7, 11) is 2.87. The van der Waals surface area contributed by atoms with Gasteiger partial charge < -0.3 is 15.2 Å². The Hall–Kier alpha value is -3.91. The Morgan fingerprint density at radius 2 is 1.83 bits per heavy atom. The van der Waals surface area contributed by atoms with E-state index in [1.54, 1.807) is 48.8 Å². The van der Waals surface area contributed by atoms with Crippen molar-refractivity contribution in [2.75, 3.05) is 14.2 Å². The van der Waals surface area contributed by atoms with Crippen molar-refractivity contribution < 1.29 is 18.7 Å². The molecule has 0 amide bonds. The number of methoxy groups -OCH3 is 1. The summed E-state index contributed by atoms with van der Waals surface area (Å²) in [5, 5.41) is 0.451. The van der Waals surface area contributed by atoms with Crippen LogP contribution in [0.4, 0.5) is 4.39 Å². The molecule has 0 saturated heterocycles. The molecular formula is C22H19FN4O3. The van der Waals surface area contributed by atoms with Crippen molar-refractivity contribution in [2.24, 2.45) is 5.73 Å². The first-order valence-electron chi connectivity index (χ1n) is 8.95. The molecule has 2 aromatic heterocycles. The van der Waals surface area contributed by atoms with Gasteiger partial charge in [-0.3, -0.25) is 9.78 Å². The molecule has 30 heavy (non-hydrogen) atoms. The molecule has 0 atom stereocenters. The summed E-state index contributed by atoms with van der Waals surface area (Å²) < 4.78 is 25.2. The van der Waals surface area contributed by atoms with Gasteiger partial charge in [-0.05, 0) is 37.4 Å². The summed E-state index contributed by atoms with van der Waals surface area (Å²) in [6.07, 6.45) is 3.93. The highest BCUT2D eigenvalue weighted by Gasteiger charge is 2.16. The van der Waals surface area contributed by atoms with Crippen molar-refractivity contribution in [3.05, 3.63) is 72.3 Å². The maximum atomic E-state index is 14.2. The van der Waals surface area contributed by atoms with Crippen molar-refractivity contribution in [1.82, 2.24) is 15.0 Å². The number of aldehydes is 1. The molecule has 7 nitrogen and oxygen atoms in total. The number of nitrogens with two attached hydrogens (primary N) is 1. The van der Waals surface area contributed by atoms with Gasteiger partial charge in [0.1, 0.15) is 5.75 Å². The molecule has 4 aromatic rings. The van der Waals surface area contributed by atoms with E-state index in [1.807, 2.05) is 0 Å². The van der Waals surface area contributed by atoms with E-state index in [-0.39, 0.29) is 11.6 Å². The van der Waals surface area contributed by atoms with Crippen LogP contribution >= 0.6 is 0 Å². The van der Waals surface area contributed by atoms with Crippen LogP contribution in [0.5, 0.6) is 17.4 Å². The van der Waals surface area contributed by atoms with E-state index in [0.29, 0.717) is 39.9 Å². The van der Waals surface area contributed by atoms with Crippen LogP contribution < -0.4 is 15.2 Å². The second-order valence-electron chi connectivity index (χ2n) is 5.86. The highest BCUT2D eigenvalue weighted by Crippen LogP contribution is 2.34. The van der Waals surface area contributed by atoms with E-state index in [4.69, 9.17) is 9.47 Å². The predicted molar refractivity (Wildman–Crippen MR) is 111 cm³/mol. The van der Waals surface area contributed by atoms with Crippen LogP contribution in [0.15, 0.2) is 60.9 Å². The lowest BCUT2D eigenvalue weighted by Crippen LogP contribution is -1.99. The fourth-order valence-corrected chi connectivity index (χ4v) is 2.74. The molecule has 152 valence electrons. The van der Waals surface area contributed by atoms with Gasteiger partial charge in [-0.2, -0.15) is 4.98 Å². The summed E-state index contributed by atoms with van der Waals surface area (Å²) in [5.74, 6) is 0.321. The van der Waals surface area contributed by atoms with Crippen LogP contribution in [0.1, 0.15) is 10.4 Å². The zero-order chi connectivity index (χ0) is 21.5. The number of fused-ring (bicyclic) bond motifs is 1. The molecule has 0 aliphatic heterocycles. The van der Waals surface area contributed by atoms with Crippen LogP contribution in [0.2, 0.25) is 0 Å². The zero-order valence-corrected chi connectivity index (χ0v) is 16.4. The lowest BCUT2D eigenvalue weighted by molar-refractivity contribution is 0.112. The van der Waals surface area contributed by atoms with Gasteiger partial charge in [0.05, 0.1) is 23.6 Å². The third-order valence-electron chi connectivity index (χ3n) is 4.11. The van der Waals surface area contributed by atoms with Crippen molar-refractivity contribution in [3.8, 4) is 28.8 Å². The second-order valence-corrected chi connectivity index (χ2v) is 5.86. The fourth-order valence-electron chi connectivity index (χ4n) is 2.74. The maximum absolute atomic E-state index is 14.2. The number of rotatable bonds is 5. The molecule has 4 rings (SSSR count). The molecular weight excluding hydrogens is 387 g/mol. The molecule has 8 heteroatoms. The SMILES string of the molecule is CN.COc1cc2c(Oc3ccccc3C=O)nc(-c3cccnc3)nc2cc1F. The summed E-state index contributed by atoms with van der Waals surface area (Å²) in [5.41, 5.74) is 5.85. The van der Waals surface area contributed by atoms with Gasteiger partial charge in [0.15, 0.2) is 23.7 Å². The standard InChI is InChI=1S/C21H14FN3O3.CH5N/c1-27-19-9-15-17(10-16(19)22)24-20(13-6-4-8-23-11-13)25-21(15)28-18-7-3-2-5-14(18)12-26;1-2/h2-12H,1H3;2H2,1H3. The van der Waals surface area contributed by atoms with Gasteiger partial charge in [0, 0.05) is 24.0 Å². The zero-order valence-electron chi connectivity index (χ0n) is 16.4. The number of benzene rings is 2. The molecule has 0 bridgehead atoms. The van der Waals surface area contributed by atoms with Gasteiger partial charge in [-0.25, -0.2) is 9.37 Å². The smallest absolute Gasteiger partial charge is 0.230 e. The van der Waals surface area contributed by atoms with Gasteiger partial charge in [-0.15, -0.1) is 0 Å². The first kappa shape index (κ1) is 20.8. The molecule has 0 saturated carbocycles. The Morgan fingerprint density at radius 3 is 2.53 bits per heavy atom. The topological polar surface area (TPSA) is 100 Å². The molecule has 2 N–H and O–H groups in total. The quantitative estimate of drug-likeness (QED) is 0.500. The minimum Gasteiger partial charge on any atom is -0.494 e. The number of hydrogen-bond donors (Lipinski definition) is 1. The minimum atomic E-state index is -0.551. The van der Waals surface area contributed by atoms with Crippen LogP contribution in [0.3, 0.4) is 0 Å². The van der Waals surface area contributed by atoms with Crippen molar-refractivity contribution in [3.63, 3.8) is 0 Å². The Kier molecular flexibility index (Phi) is 6.61. The molecule has 2 heterocycles. The maximum Gasteiger partial charge on any atom is 0.230 e. The lowest BCUT2D eigenvalue weighted by atomic mass is 10.2. The van der Waals surface area contributed by atoms with Crippen molar-refractivity contribution >= 4 is 17.2 Å².